The third-order valence-corrected chi connectivity index (χ3v) is 1.35. The summed E-state index contributed by atoms with van der Waals surface area (Å²) < 4.78 is 0. The Balaban J connectivity index is 2.85. The van der Waals surface area contributed by atoms with E-state index in [1.165, 1.54) is 0 Å². The molecule has 1 rings (SSSR count). The van der Waals surface area contributed by atoms with Crippen molar-refractivity contribution in [3.63, 3.8) is 0 Å². The summed E-state index contributed by atoms with van der Waals surface area (Å²) in [5.41, 5.74) is 6.21. The lowest BCUT2D eigenvalue weighted by Crippen LogP contribution is -2.19. The molecule has 0 unspecified atom stereocenters. The Bertz CT molecular complexity index is 278. The van der Waals surface area contributed by atoms with E-state index in [4.69, 9.17) is 5.73 Å². The van der Waals surface area contributed by atoms with Crippen LogP contribution in [0.3, 0.4) is 0 Å². The van der Waals surface area contributed by atoms with Crippen LogP contribution in [0.2, 0.25) is 0 Å². The predicted molar refractivity (Wildman–Crippen MR) is 48.5 cm³/mol. The molecule has 0 aliphatic carbocycles. The Kier molecular flexibility index (Phi) is 2.09. The van der Waals surface area contributed by atoms with E-state index < -0.39 is 0 Å². The fourth-order valence-corrected chi connectivity index (χ4v) is 0.945. The average molecular weight is 170 g/mol. The van der Waals surface area contributed by atoms with Crippen molar-refractivity contribution >= 4 is 23.1 Å². The van der Waals surface area contributed by atoms with Crippen LogP contribution in [0.25, 0.3) is 0 Å². The molecule has 0 radical (unpaired) electrons. The van der Waals surface area contributed by atoms with Crippen LogP contribution in [0.15, 0.2) is 0 Å². The maximum atomic E-state index is 5.27. The number of aryl methyl sites for hydroxylation is 2. The number of nitrogens with two attached hydrogens (primary N) is 1. The van der Waals surface area contributed by atoms with Gasteiger partial charge in [0.1, 0.15) is 5.82 Å². The third-order valence-electron chi connectivity index (χ3n) is 1.24. The highest BCUT2D eigenvalue weighted by Gasteiger charge is 2.02. The van der Waals surface area contributed by atoms with Crippen molar-refractivity contribution in [1.29, 1.82) is 0 Å². The first-order valence-electron chi connectivity index (χ1n) is 3.19. The van der Waals surface area contributed by atoms with E-state index in [2.05, 4.69) is 27.5 Å². The molecular formula is C6H10N4S. The van der Waals surface area contributed by atoms with Crippen molar-refractivity contribution in [2.24, 2.45) is 5.73 Å². The number of hydrogen-bond acceptors (Lipinski definition) is 2. The van der Waals surface area contributed by atoms with Crippen molar-refractivity contribution in [1.82, 2.24) is 9.97 Å². The number of nitrogens with zero attached hydrogens (tertiary/aromatic N) is 1. The highest BCUT2D eigenvalue weighted by atomic mass is 32.1. The summed E-state index contributed by atoms with van der Waals surface area (Å²) in [6.45, 7) is 3.78. The van der Waals surface area contributed by atoms with Gasteiger partial charge < -0.3 is 16.0 Å². The maximum Gasteiger partial charge on any atom is 0.169 e. The molecular weight excluding hydrogens is 160 g/mol. The third kappa shape index (κ3) is 1.91. The van der Waals surface area contributed by atoms with Gasteiger partial charge in [0.25, 0.3) is 0 Å². The molecule has 0 spiro atoms. The molecule has 1 aromatic heterocycles. The Hall–Kier alpha value is -1.10. The lowest BCUT2D eigenvalue weighted by molar-refractivity contribution is 1.13. The van der Waals surface area contributed by atoms with Crippen LogP contribution >= 0.6 is 12.2 Å². The number of imidazole rings is 1. The van der Waals surface area contributed by atoms with E-state index in [0.717, 1.165) is 11.5 Å². The van der Waals surface area contributed by atoms with E-state index >= 15 is 0 Å². The summed E-state index contributed by atoms with van der Waals surface area (Å²) in [5, 5.41) is 3.00. The minimum Gasteiger partial charge on any atom is -0.376 e. The van der Waals surface area contributed by atoms with Crippen molar-refractivity contribution < 1.29 is 0 Å². The van der Waals surface area contributed by atoms with Gasteiger partial charge in [0.05, 0.1) is 5.69 Å². The van der Waals surface area contributed by atoms with Crippen LogP contribution in [0.1, 0.15) is 11.5 Å². The number of nitrogens with one attached hydrogen (secondary N) is 2. The van der Waals surface area contributed by atoms with Crippen molar-refractivity contribution in [3.8, 4) is 0 Å². The largest absolute Gasteiger partial charge is 0.376 e. The molecule has 0 fully saturated rings. The molecule has 0 bridgehead atoms. The number of hydrogen-bond donors (Lipinski definition) is 3. The average Bonchev–Trinajstić information content (AvgIpc) is 2.09. The lowest BCUT2D eigenvalue weighted by atomic mass is 10.5. The fraction of sp³-hybridized carbons (Fsp3) is 0.333. The summed E-state index contributed by atoms with van der Waals surface area (Å²) in [6, 6.07) is 0. The molecule has 4 nitrogen and oxygen atoms in total. The van der Waals surface area contributed by atoms with E-state index in [9.17, 15) is 0 Å². The van der Waals surface area contributed by atoms with Crippen LogP contribution in [0, 0.1) is 13.8 Å². The monoisotopic (exact) mass is 170 g/mol. The smallest absolute Gasteiger partial charge is 0.169 e. The van der Waals surface area contributed by atoms with Gasteiger partial charge in [-0.25, -0.2) is 4.98 Å². The molecule has 0 aliphatic heterocycles. The summed E-state index contributed by atoms with van der Waals surface area (Å²) in [4.78, 5) is 7.14. The number of anilines is 1. The van der Waals surface area contributed by atoms with Crippen molar-refractivity contribution in [2.75, 3.05) is 5.32 Å². The molecule has 0 amide bonds. The van der Waals surface area contributed by atoms with Gasteiger partial charge in [0.15, 0.2) is 10.9 Å². The highest BCUT2D eigenvalue weighted by Crippen LogP contribution is 2.09. The van der Waals surface area contributed by atoms with E-state index in [0.29, 0.717) is 5.82 Å². The van der Waals surface area contributed by atoms with E-state index in [-0.39, 0.29) is 5.11 Å². The molecule has 60 valence electrons. The second-order valence-electron chi connectivity index (χ2n) is 2.29. The van der Waals surface area contributed by atoms with Crippen molar-refractivity contribution in [2.45, 2.75) is 13.8 Å². The Morgan fingerprint density at radius 2 is 2.27 bits per heavy atom. The quantitative estimate of drug-likeness (QED) is 0.542. The summed E-state index contributed by atoms with van der Waals surface area (Å²) in [6.07, 6.45) is 0. The first-order valence-corrected chi connectivity index (χ1v) is 3.60. The number of thiocarbonyl (C=S) groups is 1. The van der Waals surface area contributed by atoms with Gasteiger partial charge >= 0.3 is 0 Å². The van der Waals surface area contributed by atoms with Crippen LogP contribution in [-0.4, -0.2) is 15.1 Å². The first-order chi connectivity index (χ1) is 5.09. The van der Waals surface area contributed by atoms with Crippen molar-refractivity contribution in [3.05, 3.63) is 11.5 Å². The van der Waals surface area contributed by atoms with Gasteiger partial charge in [-0.3, -0.25) is 0 Å². The zero-order valence-electron chi connectivity index (χ0n) is 6.43. The fourth-order valence-electron chi connectivity index (χ4n) is 0.848. The molecule has 4 N–H and O–H groups in total. The van der Waals surface area contributed by atoms with Crippen LogP contribution in [0.4, 0.5) is 5.82 Å². The molecule has 0 atom stereocenters. The summed E-state index contributed by atoms with van der Waals surface area (Å²) in [7, 11) is 0. The van der Waals surface area contributed by atoms with Crippen LogP contribution < -0.4 is 11.1 Å². The lowest BCUT2D eigenvalue weighted by Gasteiger charge is -1.98. The van der Waals surface area contributed by atoms with Gasteiger partial charge in [-0.2, -0.15) is 0 Å². The number of H-pyrrole nitrogens is 1. The second-order valence-corrected chi connectivity index (χ2v) is 2.72. The topological polar surface area (TPSA) is 66.7 Å². The SMILES string of the molecule is Cc1nc(NC(N)=S)c(C)[nH]1. The molecule has 0 aromatic carbocycles. The molecule has 5 heteroatoms. The van der Waals surface area contributed by atoms with Gasteiger partial charge in [-0.15, -0.1) is 0 Å². The normalized spacial score (nSPS) is 9.64. The summed E-state index contributed by atoms with van der Waals surface area (Å²) >= 11 is 4.66. The van der Waals surface area contributed by atoms with E-state index in [1.807, 2.05) is 13.8 Å². The van der Waals surface area contributed by atoms with Gasteiger partial charge in [0.2, 0.25) is 0 Å². The standard InChI is InChI=1S/C6H10N4S/c1-3-5(10-6(7)11)9-4(2)8-3/h1-2H3,(H,8,9)(H3,7,10,11). The molecule has 0 saturated carbocycles. The first kappa shape index (κ1) is 8.00. The van der Waals surface area contributed by atoms with Gasteiger partial charge in [-0.1, -0.05) is 0 Å². The summed E-state index contributed by atoms with van der Waals surface area (Å²) in [5.74, 6) is 1.55. The molecule has 0 saturated heterocycles. The minimum absolute atomic E-state index is 0.236. The number of aromatic amines is 1. The van der Waals surface area contributed by atoms with Gasteiger partial charge in [0, 0.05) is 0 Å². The Morgan fingerprint density at radius 1 is 1.64 bits per heavy atom. The number of rotatable bonds is 1. The molecule has 1 aromatic rings. The van der Waals surface area contributed by atoms with Crippen LogP contribution in [0.5, 0.6) is 0 Å². The van der Waals surface area contributed by atoms with Crippen LogP contribution in [-0.2, 0) is 0 Å². The molecule has 0 aliphatic rings. The Labute approximate surface area is 70.2 Å². The number of aromatic nitrogens is 2. The predicted octanol–water partition coefficient (Wildman–Crippen LogP) is 0.682. The minimum atomic E-state index is 0.236. The molecule has 11 heavy (non-hydrogen) atoms. The van der Waals surface area contributed by atoms with Gasteiger partial charge in [-0.05, 0) is 26.1 Å². The van der Waals surface area contributed by atoms with E-state index in [1.54, 1.807) is 0 Å². The highest BCUT2D eigenvalue weighted by molar-refractivity contribution is 7.80. The zero-order chi connectivity index (χ0) is 8.43. The second kappa shape index (κ2) is 2.87. The zero-order valence-corrected chi connectivity index (χ0v) is 7.25. The molecule has 1 heterocycles. The Morgan fingerprint density at radius 3 is 2.64 bits per heavy atom. The maximum absolute atomic E-state index is 5.27.